The van der Waals surface area contributed by atoms with E-state index in [1.165, 1.54) is 26.9 Å². The highest BCUT2D eigenvalue weighted by atomic mass is 16.5. The van der Waals surface area contributed by atoms with E-state index in [2.05, 4.69) is 35.9 Å². The number of nitrogens with one attached hydrogen (secondary N) is 1. The van der Waals surface area contributed by atoms with Crippen LogP contribution in [0.5, 0.6) is 23.0 Å². The van der Waals surface area contributed by atoms with Crippen molar-refractivity contribution in [2.45, 2.75) is 45.7 Å². The topological polar surface area (TPSA) is 83.8 Å². The number of amides is 1. The molecule has 4 aromatic rings. The number of unbranched alkanes of at least 4 members (excludes halogenated alkanes) is 1. The number of nitrogens with zero attached hydrogens (tertiary/aromatic N) is 2. The zero-order chi connectivity index (χ0) is 27.8. The third-order valence-corrected chi connectivity index (χ3v) is 6.64. The minimum Gasteiger partial charge on any atom is -0.493 e. The van der Waals surface area contributed by atoms with Crippen molar-refractivity contribution in [3.05, 3.63) is 77.6 Å². The van der Waals surface area contributed by atoms with E-state index in [0.29, 0.717) is 35.3 Å². The number of methoxy groups -OCH3 is 3. The highest BCUT2D eigenvalue weighted by Crippen LogP contribution is 2.38. The Hall–Kier alpha value is -4.20. The summed E-state index contributed by atoms with van der Waals surface area (Å²) in [6.07, 6.45) is 1.81. The van der Waals surface area contributed by atoms with Crippen molar-refractivity contribution in [1.29, 1.82) is 0 Å². The summed E-state index contributed by atoms with van der Waals surface area (Å²) in [6.45, 7) is 6.04. The number of hydrogen-bond donors (Lipinski definition) is 1. The first-order chi connectivity index (χ1) is 19.0. The third kappa shape index (κ3) is 6.45. The smallest absolute Gasteiger partial charge is 0.251 e. The number of aryl methyl sites for hydroxylation is 1. The predicted molar refractivity (Wildman–Crippen MR) is 152 cm³/mol. The summed E-state index contributed by atoms with van der Waals surface area (Å²) in [7, 11) is 4.58. The zero-order valence-electron chi connectivity index (χ0n) is 23.3. The lowest BCUT2D eigenvalue weighted by Crippen LogP contribution is -2.25. The average Bonchev–Trinajstić information content (AvgIpc) is 3.32. The van der Waals surface area contributed by atoms with E-state index in [4.69, 9.17) is 23.9 Å². The van der Waals surface area contributed by atoms with Crippen molar-refractivity contribution in [1.82, 2.24) is 14.9 Å². The van der Waals surface area contributed by atoms with E-state index < -0.39 is 0 Å². The first-order valence-corrected chi connectivity index (χ1v) is 13.2. The molecule has 0 atom stereocenters. The summed E-state index contributed by atoms with van der Waals surface area (Å²) in [5.74, 6) is 3.19. The summed E-state index contributed by atoms with van der Waals surface area (Å²) in [4.78, 5) is 17.9. The van der Waals surface area contributed by atoms with E-state index in [1.807, 2.05) is 36.4 Å². The number of para-hydroxylation sites is 3. The molecule has 0 aliphatic rings. The van der Waals surface area contributed by atoms with Crippen molar-refractivity contribution in [2.75, 3.05) is 27.9 Å². The molecule has 0 saturated heterocycles. The largest absolute Gasteiger partial charge is 0.493 e. The van der Waals surface area contributed by atoms with Gasteiger partial charge >= 0.3 is 0 Å². The van der Waals surface area contributed by atoms with Crippen LogP contribution in [0.4, 0.5) is 0 Å². The van der Waals surface area contributed by atoms with Gasteiger partial charge < -0.3 is 28.8 Å². The van der Waals surface area contributed by atoms with E-state index in [1.54, 1.807) is 12.1 Å². The highest BCUT2D eigenvalue weighted by molar-refractivity contribution is 5.95. The van der Waals surface area contributed by atoms with Gasteiger partial charge in [0.2, 0.25) is 5.75 Å². The molecule has 0 aliphatic carbocycles. The second-order valence-electron chi connectivity index (χ2n) is 9.51. The molecule has 1 heterocycles. The summed E-state index contributed by atoms with van der Waals surface area (Å²) in [5, 5.41) is 3.00. The standard InChI is InChI=1S/C31H37N3O5/c1-21(2)23-12-6-9-15-26(23)39-17-11-10-16-34-25-14-8-7-13-24(25)33-29(34)20-32-31(35)22-18-27(36-3)30(38-5)28(19-22)37-4/h6-9,12-15,18-19,21H,10-11,16-17,20H2,1-5H3,(H,32,35). The van der Waals surface area contributed by atoms with Gasteiger partial charge in [0.05, 0.1) is 45.5 Å². The molecule has 1 N–H and O–H groups in total. The van der Waals surface area contributed by atoms with Crippen molar-refractivity contribution in [3.63, 3.8) is 0 Å². The molecule has 0 spiro atoms. The number of hydrogen-bond acceptors (Lipinski definition) is 6. The van der Waals surface area contributed by atoms with Crippen LogP contribution < -0.4 is 24.3 Å². The monoisotopic (exact) mass is 531 g/mol. The molecule has 1 amide bonds. The Morgan fingerprint density at radius 1 is 0.897 bits per heavy atom. The number of aromatic nitrogens is 2. The van der Waals surface area contributed by atoms with Crippen molar-refractivity contribution < 1.29 is 23.7 Å². The molecular weight excluding hydrogens is 494 g/mol. The normalized spacial score (nSPS) is 11.0. The SMILES string of the molecule is COc1cc(C(=O)NCc2nc3ccccc3n2CCCCOc2ccccc2C(C)C)cc(OC)c1OC. The van der Waals surface area contributed by atoms with Crippen LogP contribution >= 0.6 is 0 Å². The third-order valence-electron chi connectivity index (χ3n) is 6.64. The van der Waals surface area contributed by atoms with E-state index >= 15 is 0 Å². The lowest BCUT2D eigenvalue weighted by Gasteiger charge is -2.15. The first-order valence-electron chi connectivity index (χ1n) is 13.2. The minimum absolute atomic E-state index is 0.259. The van der Waals surface area contributed by atoms with Gasteiger partial charge in [0.15, 0.2) is 11.5 Å². The second-order valence-corrected chi connectivity index (χ2v) is 9.51. The average molecular weight is 532 g/mol. The molecule has 0 bridgehead atoms. The van der Waals surface area contributed by atoms with Crippen molar-refractivity contribution in [3.8, 4) is 23.0 Å². The Labute approximate surface area is 229 Å². The zero-order valence-corrected chi connectivity index (χ0v) is 23.3. The quantitative estimate of drug-likeness (QED) is 0.214. The number of carbonyl (C=O) groups excluding carboxylic acids is 1. The van der Waals surface area contributed by atoms with Gasteiger partial charge in [0.25, 0.3) is 5.91 Å². The Morgan fingerprint density at radius 3 is 2.28 bits per heavy atom. The molecule has 1 aromatic heterocycles. The molecule has 8 heteroatoms. The van der Waals surface area contributed by atoms with Crippen LogP contribution in [0.15, 0.2) is 60.7 Å². The molecule has 3 aromatic carbocycles. The van der Waals surface area contributed by atoms with Crippen LogP contribution in [0, 0.1) is 0 Å². The minimum atomic E-state index is -0.259. The molecule has 0 fully saturated rings. The van der Waals surface area contributed by atoms with E-state index in [9.17, 15) is 4.79 Å². The van der Waals surface area contributed by atoms with Gasteiger partial charge in [0.1, 0.15) is 11.6 Å². The van der Waals surface area contributed by atoms with Gasteiger partial charge in [-0.2, -0.15) is 0 Å². The lowest BCUT2D eigenvalue weighted by atomic mass is 10.0. The molecule has 0 saturated carbocycles. The molecular formula is C31H37N3O5. The first kappa shape index (κ1) is 27.8. The summed E-state index contributed by atoms with van der Waals surface area (Å²) >= 11 is 0. The lowest BCUT2D eigenvalue weighted by molar-refractivity contribution is 0.0948. The van der Waals surface area contributed by atoms with Crippen LogP contribution in [0.2, 0.25) is 0 Å². The summed E-state index contributed by atoms with van der Waals surface area (Å²) < 4.78 is 24.4. The molecule has 39 heavy (non-hydrogen) atoms. The number of imidazole rings is 1. The number of ether oxygens (including phenoxy) is 4. The van der Waals surface area contributed by atoms with Crippen LogP contribution in [0.1, 0.15) is 54.4 Å². The van der Waals surface area contributed by atoms with Crippen molar-refractivity contribution in [2.24, 2.45) is 0 Å². The maximum Gasteiger partial charge on any atom is 0.251 e. The number of benzene rings is 3. The fourth-order valence-corrected chi connectivity index (χ4v) is 4.63. The molecule has 8 nitrogen and oxygen atoms in total. The Kier molecular flexibility index (Phi) is 9.31. The van der Waals surface area contributed by atoms with Gasteiger partial charge in [-0.05, 0) is 54.7 Å². The summed E-state index contributed by atoms with van der Waals surface area (Å²) in [6, 6.07) is 19.5. The molecule has 0 radical (unpaired) electrons. The van der Waals surface area contributed by atoms with E-state index in [-0.39, 0.29) is 12.5 Å². The number of fused-ring (bicyclic) bond motifs is 1. The fourth-order valence-electron chi connectivity index (χ4n) is 4.63. The van der Waals surface area contributed by atoms with Crippen LogP contribution in [0.3, 0.4) is 0 Å². The molecule has 206 valence electrons. The number of rotatable bonds is 13. The predicted octanol–water partition coefficient (Wildman–Crippen LogP) is 5.97. The fraction of sp³-hybridized carbons (Fsp3) is 0.355. The Bertz CT molecular complexity index is 1390. The van der Waals surface area contributed by atoms with Gasteiger partial charge in [-0.15, -0.1) is 0 Å². The maximum atomic E-state index is 13.1. The van der Waals surface area contributed by atoms with Gasteiger partial charge in [-0.3, -0.25) is 4.79 Å². The van der Waals surface area contributed by atoms with E-state index in [0.717, 1.165) is 42.0 Å². The molecule has 4 rings (SSSR count). The van der Waals surface area contributed by atoms with Gasteiger partial charge in [-0.1, -0.05) is 44.2 Å². The van der Waals surface area contributed by atoms with Gasteiger partial charge in [-0.25, -0.2) is 4.98 Å². The second kappa shape index (κ2) is 13.0. The Balaban J connectivity index is 1.42. The number of carbonyl (C=O) groups is 1. The van der Waals surface area contributed by atoms with Crippen LogP contribution in [-0.4, -0.2) is 43.4 Å². The maximum absolute atomic E-state index is 13.1. The van der Waals surface area contributed by atoms with Crippen LogP contribution in [-0.2, 0) is 13.1 Å². The van der Waals surface area contributed by atoms with Crippen LogP contribution in [0.25, 0.3) is 11.0 Å². The van der Waals surface area contributed by atoms with Gasteiger partial charge in [0, 0.05) is 12.1 Å². The molecule has 0 unspecified atom stereocenters. The Morgan fingerprint density at radius 2 is 1.59 bits per heavy atom. The van der Waals surface area contributed by atoms with Crippen molar-refractivity contribution >= 4 is 16.9 Å². The summed E-state index contributed by atoms with van der Waals surface area (Å²) in [5.41, 5.74) is 3.58. The molecule has 0 aliphatic heterocycles. The highest BCUT2D eigenvalue weighted by Gasteiger charge is 2.18.